The van der Waals surface area contributed by atoms with Crippen LogP contribution in [0.3, 0.4) is 0 Å². The van der Waals surface area contributed by atoms with Crippen molar-refractivity contribution in [3.63, 3.8) is 0 Å². The molecule has 0 spiro atoms. The Kier molecular flexibility index (Phi) is 13.6. The number of hydrogen-bond donors (Lipinski definition) is 2. The highest BCUT2D eigenvalue weighted by Gasteiger charge is 2.06. The summed E-state index contributed by atoms with van der Waals surface area (Å²) in [5.74, 6) is 0.902. The molecule has 7 heteroatoms. The Labute approximate surface area is 168 Å². The zero-order valence-electron chi connectivity index (χ0n) is 15.8. The number of halogens is 1. The van der Waals surface area contributed by atoms with Gasteiger partial charge in [0.25, 0.3) is 0 Å². The maximum atomic E-state index is 4.67. The third-order valence-corrected chi connectivity index (χ3v) is 4.92. The fraction of sp³-hybridized carbons (Fsp3) is 0.765. The Morgan fingerprint density at radius 3 is 2.58 bits per heavy atom. The molecular formula is C17H34IN5S. The average molecular weight is 467 g/mol. The molecule has 0 saturated heterocycles. The van der Waals surface area contributed by atoms with E-state index in [9.17, 15) is 0 Å². The van der Waals surface area contributed by atoms with Crippen LogP contribution in [0.25, 0.3) is 0 Å². The number of aromatic nitrogens is 1. The summed E-state index contributed by atoms with van der Waals surface area (Å²) in [6.45, 7) is 15.6. The zero-order chi connectivity index (χ0) is 17.1. The van der Waals surface area contributed by atoms with Crippen molar-refractivity contribution >= 4 is 41.3 Å². The molecule has 0 radical (unpaired) electrons. The average Bonchev–Trinajstić information content (AvgIpc) is 2.99. The van der Waals surface area contributed by atoms with Gasteiger partial charge in [0.05, 0.1) is 11.6 Å². The van der Waals surface area contributed by atoms with Crippen molar-refractivity contribution in [3.05, 3.63) is 16.1 Å². The van der Waals surface area contributed by atoms with Gasteiger partial charge in [-0.2, -0.15) is 0 Å². The van der Waals surface area contributed by atoms with Gasteiger partial charge in [-0.3, -0.25) is 9.89 Å². The lowest BCUT2D eigenvalue weighted by atomic mass is 10.3. The van der Waals surface area contributed by atoms with Crippen molar-refractivity contribution in [2.24, 2.45) is 4.99 Å². The zero-order valence-corrected chi connectivity index (χ0v) is 18.9. The molecule has 1 aromatic heterocycles. The molecule has 2 N–H and O–H groups in total. The van der Waals surface area contributed by atoms with Gasteiger partial charge in [0.2, 0.25) is 0 Å². The van der Waals surface area contributed by atoms with Crippen LogP contribution in [-0.4, -0.2) is 54.6 Å². The lowest BCUT2D eigenvalue weighted by Gasteiger charge is -2.23. The highest BCUT2D eigenvalue weighted by atomic mass is 127. The van der Waals surface area contributed by atoms with Crippen LogP contribution >= 0.6 is 35.3 Å². The van der Waals surface area contributed by atoms with Gasteiger partial charge in [-0.05, 0) is 33.7 Å². The predicted molar refractivity (Wildman–Crippen MR) is 117 cm³/mol. The monoisotopic (exact) mass is 467 g/mol. The van der Waals surface area contributed by atoms with Crippen LogP contribution < -0.4 is 10.6 Å². The van der Waals surface area contributed by atoms with Crippen molar-refractivity contribution < 1.29 is 0 Å². The molecule has 5 nitrogen and oxygen atoms in total. The summed E-state index contributed by atoms with van der Waals surface area (Å²) in [4.78, 5) is 12.9. The Bertz CT molecular complexity index is 462. The van der Waals surface area contributed by atoms with Gasteiger partial charge in [0, 0.05) is 43.2 Å². The van der Waals surface area contributed by atoms with E-state index in [2.05, 4.69) is 60.1 Å². The van der Waals surface area contributed by atoms with E-state index in [4.69, 9.17) is 0 Å². The van der Waals surface area contributed by atoms with E-state index < -0.39 is 0 Å². The van der Waals surface area contributed by atoms with Crippen LogP contribution in [-0.2, 0) is 12.8 Å². The van der Waals surface area contributed by atoms with Gasteiger partial charge in [-0.1, -0.05) is 13.8 Å². The number of aliphatic imine (C=N–C) groups is 1. The lowest BCUT2D eigenvalue weighted by Crippen LogP contribution is -2.39. The minimum Gasteiger partial charge on any atom is -0.357 e. The molecule has 0 aliphatic heterocycles. The standard InChI is InChI=1S/C17H33N5S.HI/c1-6-15-13-21-16(23-15)9-10-19-17(18-7-2)20-11-12-22(8-3)14(4)5;/h13-14H,6-12H2,1-5H3,(H2,18,19,20);1H. The quantitative estimate of drug-likeness (QED) is 0.316. The molecule has 0 bridgehead atoms. The van der Waals surface area contributed by atoms with Gasteiger partial charge in [-0.15, -0.1) is 35.3 Å². The summed E-state index contributed by atoms with van der Waals surface area (Å²) < 4.78 is 0. The number of rotatable bonds is 10. The van der Waals surface area contributed by atoms with Crippen molar-refractivity contribution in [2.75, 3.05) is 32.7 Å². The minimum atomic E-state index is 0. The fourth-order valence-electron chi connectivity index (χ4n) is 2.33. The minimum absolute atomic E-state index is 0. The topological polar surface area (TPSA) is 52.6 Å². The SMILES string of the molecule is CCNC(=NCCN(CC)C(C)C)NCCc1ncc(CC)s1.I. The van der Waals surface area contributed by atoms with Gasteiger partial charge in [0.15, 0.2) is 5.96 Å². The first kappa shape index (κ1) is 23.6. The van der Waals surface area contributed by atoms with Crippen LogP contribution in [0, 0.1) is 0 Å². The summed E-state index contributed by atoms with van der Waals surface area (Å²) in [7, 11) is 0. The first-order valence-electron chi connectivity index (χ1n) is 8.80. The van der Waals surface area contributed by atoms with E-state index in [1.807, 2.05) is 17.5 Å². The Hall–Kier alpha value is -0.410. The summed E-state index contributed by atoms with van der Waals surface area (Å²) in [6, 6.07) is 0.573. The van der Waals surface area contributed by atoms with E-state index in [1.54, 1.807) is 0 Å². The van der Waals surface area contributed by atoms with Gasteiger partial charge in [0.1, 0.15) is 0 Å². The fourth-order valence-corrected chi connectivity index (χ4v) is 3.19. The second-order valence-corrected chi connectivity index (χ2v) is 6.93. The Morgan fingerprint density at radius 1 is 1.29 bits per heavy atom. The van der Waals surface area contributed by atoms with Crippen molar-refractivity contribution in [1.29, 1.82) is 0 Å². The molecule has 1 heterocycles. The molecule has 24 heavy (non-hydrogen) atoms. The number of nitrogens with one attached hydrogen (secondary N) is 2. The molecular weight excluding hydrogens is 433 g/mol. The van der Waals surface area contributed by atoms with Crippen molar-refractivity contribution in [1.82, 2.24) is 20.5 Å². The van der Waals surface area contributed by atoms with E-state index in [-0.39, 0.29) is 24.0 Å². The number of aryl methyl sites for hydroxylation is 1. The van der Waals surface area contributed by atoms with Crippen LogP contribution in [0.5, 0.6) is 0 Å². The van der Waals surface area contributed by atoms with E-state index in [0.29, 0.717) is 6.04 Å². The van der Waals surface area contributed by atoms with Crippen LogP contribution in [0.15, 0.2) is 11.2 Å². The molecule has 0 unspecified atom stereocenters. The first-order valence-corrected chi connectivity index (χ1v) is 9.62. The second kappa shape index (κ2) is 13.8. The number of thiazole rings is 1. The maximum absolute atomic E-state index is 4.67. The molecule has 0 fully saturated rings. The molecule has 0 saturated carbocycles. The molecule has 0 aromatic carbocycles. The van der Waals surface area contributed by atoms with Crippen LogP contribution in [0.2, 0.25) is 0 Å². The summed E-state index contributed by atoms with van der Waals surface area (Å²) in [6.07, 6.45) is 4.01. The summed E-state index contributed by atoms with van der Waals surface area (Å²) in [5.41, 5.74) is 0. The first-order chi connectivity index (χ1) is 11.1. The molecule has 140 valence electrons. The Morgan fingerprint density at radius 2 is 2.04 bits per heavy atom. The second-order valence-electron chi connectivity index (χ2n) is 5.73. The number of guanidine groups is 1. The highest BCUT2D eigenvalue weighted by molar-refractivity contribution is 14.0. The number of hydrogen-bond acceptors (Lipinski definition) is 4. The van der Waals surface area contributed by atoms with Crippen LogP contribution in [0.4, 0.5) is 0 Å². The van der Waals surface area contributed by atoms with Crippen molar-refractivity contribution in [3.8, 4) is 0 Å². The largest absolute Gasteiger partial charge is 0.357 e. The van der Waals surface area contributed by atoms with E-state index >= 15 is 0 Å². The molecule has 0 aliphatic carbocycles. The third-order valence-electron chi connectivity index (χ3n) is 3.72. The summed E-state index contributed by atoms with van der Waals surface area (Å²) in [5, 5.41) is 7.91. The predicted octanol–water partition coefficient (Wildman–Crippen LogP) is 3.15. The van der Waals surface area contributed by atoms with Gasteiger partial charge in [-0.25, -0.2) is 4.98 Å². The lowest BCUT2D eigenvalue weighted by molar-refractivity contribution is 0.240. The van der Waals surface area contributed by atoms with Crippen LogP contribution in [0.1, 0.15) is 44.5 Å². The molecule has 0 atom stereocenters. The van der Waals surface area contributed by atoms with E-state index in [0.717, 1.165) is 51.5 Å². The Balaban J connectivity index is 0.00000529. The number of likely N-dealkylation sites (N-methyl/N-ethyl adjacent to an activating group) is 1. The number of nitrogens with zero attached hydrogens (tertiary/aromatic N) is 3. The summed E-state index contributed by atoms with van der Waals surface area (Å²) >= 11 is 1.81. The normalized spacial score (nSPS) is 11.7. The van der Waals surface area contributed by atoms with Gasteiger partial charge >= 0.3 is 0 Å². The highest BCUT2D eigenvalue weighted by Crippen LogP contribution is 2.13. The third kappa shape index (κ3) is 9.17. The van der Waals surface area contributed by atoms with E-state index in [1.165, 1.54) is 9.88 Å². The molecule has 0 aliphatic rings. The smallest absolute Gasteiger partial charge is 0.191 e. The van der Waals surface area contributed by atoms with Crippen molar-refractivity contribution in [2.45, 2.75) is 53.5 Å². The molecule has 1 rings (SSSR count). The molecule has 0 amide bonds. The molecule has 1 aromatic rings. The van der Waals surface area contributed by atoms with Gasteiger partial charge < -0.3 is 10.6 Å². The maximum Gasteiger partial charge on any atom is 0.191 e.